The summed E-state index contributed by atoms with van der Waals surface area (Å²) in [5.74, 6) is 0.671. The Balaban J connectivity index is 2.27. The zero-order chi connectivity index (χ0) is 14.8. The van der Waals surface area contributed by atoms with Crippen molar-refractivity contribution >= 4 is 27.0 Å². The van der Waals surface area contributed by atoms with Crippen molar-refractivity contribution < 1.29 is 13.2 Å². The van der Waals surface area contributed by atoms with Crippen LogP contribution in [0, 0.1) is 6.92 Å². The van der Waals surface area contributed by atoms with E-state index in [9.17, 15) is 8.42 Å². The lowest BCUT2D eigenvalue weighted by molar-refractivity contribution is 0.415. The first-order chi connectivity index (χ1) is 9.46. The van der Waals surface area contributed by atoms with Crippen LogP contribution in [0.1, 0.15) is 9.75 Å². The van der Waals surface area contributed by atoms with Gasteiger partial charge in [0.1, 0.15) is 10.6 Å². The number of nitrogens with one attached hydrogen (secondary N) is 1. The first-order valence-electron chi connectivity index (χ1n) is 5.92. The van der Waals surface area contributed by atoms with Gasteiger partial charge in [-0.2, -0.15) is 0 Å². The van der Waals surface area contributed by atoms with Gasteiger partial charge >= 0.3 is 0 Å². The Hall–Kier alpha value is -1.57. The highest BCUT2D eigenvalue weighted by molar-refractivity contribution is 7.93. The van der Waals surface area contributed by atoms with Gasteiger partial charge in [0.05, 0.1) is 7.11 Å². The molecule has 3 N–H and O–H groups in total. The van der Waals surface area contributed by atoms with Crippen LogP contribution in [-0.2, 0) is 16.6 Å². The fourth-order valence-electron chi connectivity index (χ4n) is 1.76. The molecular formula is C13H16N2O3S2. The fourth-order valence-corrected chi connectivity index (χ4v) is 4.33. The number of nitrogens with two attached hydrogens (primary N) is 1. The molecule has 0 aliphatic rings. The van der Waals surface area contributed by atoms with E-state index < -0.39 is 10.0 Å². The molecule has 0 aliphatic carbocycles. The Labute approximate surface area is 122 Å². The van der Waals surface area contributed by atoms with E-state index in [4.69, 9.17) is 10.5 Å². The maximum Gasteiger partial charge on any atom is 0.263 e. The fraction of sp³-hybridized carbons (Fsp3) is 0.231. The van der Waals surface area contributed by atoms with Crippen LogP contribution in [0.15, 0.2) is 35.2 Å². The van der Waals surface area contributed by atoms with Crippen LogP contribution in [0.25, 0.3) is 0 Å². The van der Waals surface area contributed by atoms with Crippen LogP contribution in [-0.4, -0.2) is 15.5 Å². The molecule has 7 heteroatoms. The Kier molecular flexibility index (Phi) is 4.32. The second-order valence-corrected chi connectivity index (χ2v) is 7.16. The topological polar surface area (TPSA) is 81.4 Å². The molecular weight excluding hydrogens is 296 g/mol. The lowest BCUT2D eigenvalue weighted by atomic mass is 10.3. The van der Waals surface area contributed by atoms with Crippen molar-refractivity contribution in [3.05, 3.63) is 40.1 Å². The molecule has 0 spiro atoms. The number of sulfonamides is 1. The second kappa shape index (κ2) is 5.82. The summed E-state index contributed by atoms with van der Waals surface area (Å²) in [6, 6.07) is 8.32. The van der Waals surface area contributed by atoms with Crippen molar-refractivity contribution in [3.63, 3.8) is 0 Å². The summed E-state index contributed by atoms with van der Waals surface area (Å²) in [6.07, 6.45) is 0. The predicted octanol–water partition coefficient (Wildman–Crippen LogP) is 2.32. The Morgan fingerprint density at radius 3 is 2.45 bits per heavy atom. The van der Waals surface area contributed by atoms with Gasteiger partial charge in [-0.15, -0.1) is 11.3 Å². The molecule has 0 saturated heterocycles. The van der Waals surface area contributed by atoms with E-state index in [0.717, 1.165) is 9.75 Å². The largest absolute Gasteiger partial charge is 0.497 e. The number of thiophene rings is 1. The molecule has 0 amide bonds. The molecule has 0 bridgehead atoms. The van der Waals surface area contributed by atoms with Crippen LogP contribution >= 0.6 is 11.3 Å². The van der Waals surface area contributed by atoms with E-state index >= 15 is 0 Å². The lowest BCUT2D eigenvalue weighted by Gasteiger charge is -2.08. The molecule has 1 aromatic carbocycles. The third-order valence-electron chi connectivity index (χ3n) is 2.76. The summed E-state index contributed by atoms with van der Waals surface area (Å²) < 4.78 is 32.2. The molecule has 5 nitrogen and oxygen atoms in total. The second-order valence-electron chi connectivity index (χ2n) is 4.17. The van der Waals surface area contributed by atoms with Gasteiger partial charge in [-0.05, 0) is 37.3 Å². The van der Waals surface area contributed by atoms with Gasteiger partial charge in [-0.25, -0.2) is 8.42 Å². The molecule has 2 rings (SSSR count). The minimum atomic E-state index is -3.59. The Bertz CT molecular complexity index is 691. The molecule has 1 aromatic heterocycles. The summed E-state index contributed by atoms with van der Waals surface area (Å²) in [6.45, 7) is 2.11. The van der Waals surface area contributed by atoms with E-state index in [1.807, 2.05) is 0 Å². The quantitative estimate of drug-likeness (QED) is 0.888. The number of aryl methyl sites for hydroxylation is 1. The molecule has 0 fully saturated rings. The SMILES string of the molecule is COc1ccc(NS(=O)(=O)c2cc(CN)sc2C)cc1. The van der Waals surface area contributed by atoms with Crippen molar-refractivity contribution in [2.45, 2.75) is 18.4 Å². The highest BCUT2D eigenvalue weighted by Gasteiger charge is 2.19. The molecule has 1 heterocycles. The molecule has 0 saturated carbocycles. The van der Waals surface area contributed by atoms with Crippen LogP contribution < -0.4 is 15.2 Å². The third-order valence-corrected chi connectivity index (χ3v) is 5.47. The van der Waals surface area contributed by atoms with Gasteiger partial charge in [-0.1, -0.05) is 0 Å². The van der Waals surface area contributed by atoms with Gasteiger partial charge in [0.2, 0.25) is 0 Å². The van der Waals surface area contributed by atoms with Crippen LogP contribution in [0.4, 0.5) is 5.69 Å². The predicted molar refractivity (Wildman–Crippen MR) is 80.7 cm³/mol. The standard InChI is InChI=1S/C13H16N2O3S2/c1-9-13(7-12(8-14)19-9)20(16,17)15-10-3-5-11(18-2)6-4-10/h3-7,15H,8,14H2,1-2H3. The first kappa shape index (κ1) is 14.8. The van der Waals surface area contributed by atoms with Crippen molar-refractivity contribution in [1.82, 2.24) is 0 Å². The van der Waals surface area contributed by atoms with E-state index in [-0.39, 0.29) is 4.90 Å². The van der Waals surface area contributed by atoms with Crippen molar-refractivity contribution in [2.75, 3.05) is 11.8 Å². The number of hydrogen-bond acceptors (Lipinski definition) is 5. The molecule has 0 atom stereocenters. The number of methoxy groups -OCH3 is 1. The van der Waals surface area contributed by atoms with E-state index in [1.54, 1.807) is 44.4 Å². The van der Waals surface area contributed by atoms with Crippen molar-refractivity contribution in [1.29, 1.82) is 0 Å². The van der Waals surface area contributed by atoms with Gasteiger partial charge in [0.25, 0.3) is 10.0 Å². The summed E-state index contributed by atoms with van der Waals surface area (Å²) in [7, 11) is -2.03. The van der Waals surface area contributed by atoms with Gasteiger partial charge < -0.3 is 10.5 Å². The van der Waals surface area contributed by atoms with E-state index in [2.05, 4.69) is 4.72 Å². The smallest absolute Gasteiger partial charge is 0.263 e. The number of ether oxygens (including phenoxy) is 1. The molecule has 0 aliphatic heterocycles. The minimum absolute atomic E-state index is 0.277. The van der Waals surface area contributed by atoms with Gasteiger partial charge in [-0.3, -0.25) is 4.72 Å². The molecule has 0 unspecified atom stereocenters. The average molecular weight is 312 g/mol. The maximum atomic E-state index is 12.3. The molecule has 108 valence electrons. The third kappa shape index (κ3) is 3.12. The monoisotopic (exact) mass is 312 g/mol. The molecule has 20 heavy (non-hydrogen) atoms. The van der Waals surface area contributed by atoms with E-state index in [1.165, 1.54) is 11.3 Å². The van der Waals surface area contributed by atoms with Crippen molar-refractivity contribution in [2.24, 2.45) is 5.73 Å². The number of rotatable bonds is 5. The Morgan fingerprint density at radius 2 is 1.95 bits per heavy atom. The average Bonchev–Trinajstić information content (AvgIpc) is 2.81. The van der Waals surface area contributed by atoms with Crippen molar-refractivity contribution in [3.8, 4) is 5.75 Å². The minimum Gasteiger partial charge on any atom is -0.497 e. The summed E-state index contributed by atoms with van der Waals surface area (Å²) in [5.41, 5.74) is 6.03. The number of anilines is 1. The normalized spacial score (nSPS) is 11.3. The maximum absolute atomic E-state index is 12.3. The van der Waals surface area contributed by atoms with Crippen LogP contribution in [0.5, 0.6) is 5.75 Å². The Morgan fingerprint density at radius 1 is 1.30 bits per heavy atom. The molecule has 2 aromatic rings. The van der Waals surface area contributed by atoms with Gasteiger partial charge in [0, 0.05) is 22.0 Å². The zero-order valence-corrected chi connectivity index (χ0v) is 12.8. The first-order valence-corrected chi connectivity index (χ1v) is 8.22. The van der Waals surface area contributed by atoms with Crippen LogP contribution in [0.3, 0.4) is 0 Å². The number of benzene rings is 1. The van der Waals surface area contributed by atoms with Crippen LogP contribution in [0.2, 0.25) is 0 Å². The lowest BCUT2D eigenvalue weighted by Crippen LogP contribution is -2.13. The van der Waals surface area contributed by atoms with Gasteiger partial charge in [0.15, 0.2) is 0 Å². The number of hydrogen-bond donors (Lipinski definition) is 2. The summed E-state index contributed by atoms with van der Waals surface area (Å²) >= 11 is 1.39. The summed E-state index contributed by atoms with van der Waals surface area (Å²) in [4.78, 5) is 1.85. The highest BCUT2D eigenvalue weighted by Crippen LogP contribution is 2.27. The zero-order valence-electron chi connectivity index (χ0n) is 11.2. The summed E-state index contributed by atoms with van der Waals surface area (Å²) in [5, 5.41) is 0. The molecule has 0 radical (unpaired) electrons. The highest BCUT2D eigenvalue weighted by atomic mass is 32.2. The van der Waals surface area contributed by atoms with E-state index in [0.29, 0.717) is 18.0 Å².